The Hall–Kier alpha value is -2.84. The lowest BCUT2D eigenvalue weighted by Crippen LogP contribution is -2.19. The highest BCUT2D eigenvalue weighted by Crippen LogP contribution is 2.38. The van der Waals surface area contributed by atoms with Crippen LogP contribution in [0, 0.1) is 0 Å². The molecule has 0 aliphatic carbocycles. The van der Waals surface area contributed by atoms with Gasteiger partial charge in [-0.25, -0.2) is 4.98 Å². The molecule has 172 valence electrons. The van der Waals surface area contributed by atoms with Crippen molar-refractivity contribution < 1.29 is 9.59 Å². The van der Waals surface area contributed by atoms with Crippen LogP contribution in [-0.4, -0.2) is 16.8 Å². The van der Waals surface area contributed by atoms with Gasteiger partial charge in [-0.1, -0.05) is 65.7 Å². The molecule has 5 nitrogen and oxygen atoms in total. The summed E-state index contributed by atoms with van der Waals surface area (Å²) in [5.41, 5.74) is 3.05. The minimum Gasteiger partial charge on any atom is -0.326 e. The topological polar surface area (TPSA) is 71.1 Å². The number of thioether (sulfide) groups is 1. The Bertz CT molecular complexity index is 1330. The second-order valence-corrected chi connectivity index (χ2v) is 10.1. The van der Waals surface area contributed by atoms with Gasteiger partial charge in [0.1, 0.15) is 5.25 Å². The first kappa shape index (κ1) is 24.3. The van der Waals surface area contributed by atoms with Gasteiger partial charge in [0.15, 0.2) is 5.13 Å². The second kappa shape index (κ2) is 11.1. The molecule has 0 radical (unpaired) electrons. The first-order valence-electron chi connectivity index (χ1n) is 10.2. The van der Waals surface area contributed by atoms with Crippen LogP contribution in [-0.2, 0) is 9.59 Å². The molecule has 4 aromatic rings. The quantitative estimate of drug-likeness (QED) is 0.243. The summed E-state index contributed by atoms with van der Waals surface area (Å²) in [4.78, 5) is 30.2. The van der Waals surface area contributed by atoms with Gasteiger partial charge in [-0.15, -0.1) is 23.1 Å². The Kier molecular flexibility index (Phi) is 7.90. The van der Waals surface area contributed by atoms with Gasteiger partial charge in [0.05, 0.1) is 15.7 Å². The Labute approximate surface area is 215 Å². The van der Waals surface area contributed by atoms with Crippen LogP contribution < -0.4 is 10.6 Å². The fraction of sp³-hybridized carbons (Fsp3) is 0.0800. The van der Waals surface area contributed by atoms with Crippen molar-refractivity contribution in [2.24, 2.45) is 0 Å². The molecular formula is C25H19Cl2N3O2S2. The normalized spacial score (nSPS) is 11.6. The number of hydrogen-bond acceptors (Lipinski definition) is 5. The van der Waals surface area contributed by atoms with E-state index in [0.717, 1.165) is 16.0 Å². The third kappa shape index (κ3) is 6.18. The van der Waals surface area contributed by atoms with Gasteiger partial charge in [0.2, 0.25) is 11.8 Å². The number of carbonyl (C=O) groups excluding carboxylic acids is 2. The number of nitrogens with zero attached hydrogens (tertiary/aromatic N) is 1. The van der Waals surface area contributed by atoms with Crippen molar-refractivity contribution in [1.82, 2.24) is 4.98 Å². The van der Waals surface area contributed by atoms with Crippen molar-refractivity contribution >= 4 is 68.9 Å². The molecule has 2 amide bonds. The predicted molar refractivity (Wildman–Crippen MR) is 142 cm³/mol. The maximum atomic E-state index is 13.4. The van der Waals surface area contributed by atoms with Gasteiger partial charge in [0.25, 0.3) is 0 Å². The van der Waals surface area contributed by atoms with E-state index in [2.05, 4.69) is 15.6 Å². The van der Waals surface area contributed by atoms with Crippen molar-refractivity contribution in [1.29, 1.82) is 0 Å². The van der Waals surface area contributed by atoms with Crippen LogP contribution in [0.5, 0.6) is 0 Å². The Morgan fingerprint density at radius 1 is 0.941 bits per heavy atom. The third-order valence-electron chi connectivity index (χ3n) is 4.70. The third-order valence-corrected chi connectivity index (χ3v) is 7.44. The molecule has 0 spiro atoms. The van der Waals surface area contributed by atoms with Crippen molar-refractivity contribution in [3.8, 4) is 11.3 Å². The zero-order valence-electron chi connectivity index (χ0n) is 17.9. The number of halogens is 2. The standard InChI is InChI=1S/C25H19Cl2N3O2S2/c1-15(31)28-18-8-5-9-19(13-18)34-23(16-6-3-2-4-7-16)24(32)30-25-29-22(14-33-25)17-10-11-20(26)21(27)12-17/h2-14,23H,1H3,(H,28,31)(H,29,30,32). The highest BCUT2D eigenvalue weighted by Gasteiger charge is 2.23. The summed E-state index contributed by atoms with van der Waals surface area (Å²) in [5, 5.41) is 8.45. The smallest absolute Gasteiger partial charge is 0.244 e. The van der Waals surface area contributed by atoms with Crippen LogP contribution in [0.4, 0.5) is 10.8 Å². The zero-order valence-corrected chi connectivity index (χ0v) is 21.1. The number of rotatable bonds is 7. The summed E-state index contributed by atoms with van der Waals surface area (Å²) in [7, 11) is 0. The van der Waals surface area contributed by atoms with Crippen molar-refractivity contribution in [3.05, 3.63) is 93.8 Å². The van der Waals surface area contributed by atoms with Crippen LogP contribution in [0.2, 0.25) is 10.0 Å². The maximum Gasteiger partial charge on any atom is 0.244 e. The number of carbonyl (C=O) groups is 2. The van der Waals surface area contributed by atoms with Crippen LogP contribution in [0.3, 0.4) is 0 Å². The fourth-order valence-corrected chi connectivity index (χ4v) is 5.28. The molecule has 34 heavy (non-hydrogen) atoms. The molecule has 0 fully saturated rings. The van der Waals surface area contributed by atoms with Crippen LogP contribution in [0.1, 0.15) is 17.7 Å². The van der Waals surface area contributed by atoms with E-state index in [9.17, 15) is 9.59 Å². The Morgan fingerprint density at radius 2 is 1.74 bits per heavy atom. The molecular weight excluding hydrogens is 509 g/mol. The van der Waals surface area contributed by atoms with E-state index in [1.165, 1.54) is 30.0 Å². The molecule has 0 aliphatic heterocycles. The highest BCUT2D eigenvalue weighted by molar-refractivity contribution is 8.00. The lowest BCUT2D eigenvalue weighted by molar-refractivity contribution is -0.116. The fourth-order valence-electron chi connectivity index (χ4n) is 3.18. The van der Waals surface area contributed by atoms with Gasteiger partial charge >= 0.3 is 0 Å². The number of hydrogen-bond donors (Lipinski definition) is 2. The van der Waals surface area contributed by atoms with Crippen LogP contribution >= 0.6 is 46.3 Å². The van der Waals surface area contributed by atoms with E-state index in [-0.39, 0.29) is 11.8 Å². The van der Waals surface area contributed by atoms with Gasteiger partial charge in [0, 0.05) is 28.5 Å². The van der Waals surface area contributed by atoms with Gasteiger partial charge < -0.3 is 10.6 Å². The lowest BCUT2D eigenvalue weighted by atomic mass is 10.1. The molecule has 0 saturated carbocycles. The summed E-state index contributed by atoms with van der Waals surface area (Å²) in [6.07, 6.45) is 0. The minimum absolute atomic E-state index is 0.152. The molecule has 1 unspecified atom stereocenters. The molecule has 1 atom stereocenters. The average Bonchev–Trinajstić information content (AvgIpc) is 3.28. The van der Waals surface area contributed by atoms with E-state index in [0.29, 0.717) is 26.6 Å². The number of nitrogens with one attached hydrogen (secondary N) is 2. The van der Waals surface area contributed by atoms with Crippen molar-refractivity contribution in [3.63, 3.8) is 0 Å². The molecule has 2 N–H and O–H groups in total. The zero-order chi connectivity index (χ0) is 24.1. The summed E-state index contributed by atoms with van der Waals surface area (Å²) in [6, 6.07) is 22.2. The van der Waals surface area contributed by atoms with E-state index >= 15 is 0 Å². The second-order valence-electron chi connectivity index (χ2n) is 7.27. The lowest BCUT2D eigenvalue weighted by Gasteiger charge is -2.16. The maximum absolute atomic E-state index is 13.4. The van der Waals surface area contributed by atoms with Crippen molar-refractivity contribution in [2.45, 2.75) is 17.1 Å². The summed E-state index contributed by atoms with van der Waals surface area (Å²) in [5.74, 6) is -0.350. The van der Waals surface area contributed by atoms with E-state index in [1.54, 1.807) is 12.1 Å². The summed E-state index contributed by atoms with van der Waals surface area (Å²) in [6.45, 7) is 1.46. The number of aromatic nitrogens is 1. The van der Waals surface area contributed by atoms with E-state index in [1.807, 2.05) is 66.0 Å². The van der Waals surface area contributed by atoms with Gasteiger partial charge in [-0.05, 0) is 35.9 Å². The minimum atomic E-state index is -0.522. The molecule has 1 heterocycles. The Morgan fingerprint density at radius 3 is 2.47 bits per heavy atom. The number of thiazole rings is 1. The van der Waals surface area contributed by atoms with Gasteiger partial charge in [-0.3, -0.25) is 9.59 Å². The monoisotopic (exact) mass is 527 g/mol. The van der Waals surface area contributed by atoms with Crippen LogP contribution in [0.15, 0.2) is 83.1 Å². The largest absolute Gasteiger partial charge is 0.326 e. The molecule has 4 rings (SSSR count). The molecule has 1 aromatic heterocycles. The molecule has 9 heteroatoms. The number of benzene rings is 3. The predicted octanol–water partition coefficient (Wildman–Crippen LogP) is 7.55. The molecule has 3 aromatic carbocycles. The molecule has 0 aliphatic rings. The van der Waals surface area contributed by atoms with E-state index < -0.39 is 5.25 Å². The number of amides is 2. The first-order valence-corrected chi connectivity index (χ1v) is 12.7. The summed E-state index contributed by atoms with van der Waals surface area (Å²) >= 11 is 14.9. The average molecular weight is 528 g/mol. The van der Waals surface area contributed by atoms with Crippen molar-refractivity contribution in [2.75, 3.05) is 10.6 Å². The first-order chi connectivity index (χ1) is 16.4. The van der Waals surface area contributed by atoms with E-state index in [4.69, 9.17) is 23.2 Å². The highest BCUT2D eigenvalue weighted by atomic mass is 35.5. The SMILES string of the molecule is CC(=O)Nc1cccc(SC(C(=O)Nc2nc(-c3ccc(Cl)c(Cl)c3)cs2)c2ccccc2)c1. The molecule has 0 bridgehead atoms. The summed E-state index contributed by atoms with van der Waals surface area (Å²) < 4.78 is 0. The Balaban J connectivity index is 1.56. The van der Waals surface area contributed by atoms with Gasteiger partial charge in [-0.2, -0.15) is 0 Å². The number of anilines is 2. The van der Waals surface area contributed by atoms with Crippen LogP contribution in [0.25, 0.3) is 11.3 Å². The molecule has 0 saturated heterocycles.